The number of ether oxygens (including phenoxy) is 3. The largest absolute Gasteiger partial charge is 0.476 e. The molecule has 0 bridgehead atoms. The summed E-state index contributed by atoms with van der Waals surface area (Å²) in [7, 11) is 0. The first kappa shape index (κ1) is 11.4. The van der Waals surface area contributed by atoms with Gasteiger partial charge in [-0.3, -0.25) is 0 Å². The second-order valence-electron chi connectivity index (χ2n) is 3.93. The van der Waals surface area contributed by atoms with E-state index < -0.39 is 12.3 Å². The number of rotatable bonds is 3. The van der Waals surface area contributed by atoms with E-state index in [0.29, 0.717) is 23.0 Å². The van der Waals surface area contributed by atoms with Crippen molar-refractivity contribution in [2.75, 3.05) is 0 Å². The van der Waals surface area contributed by atoms with Crippen LogP contribution in [0.15, 0.2) is 48.5 Å². The van der Waals surface area contributed by atoms with E-state index in [1.807, 2.05) is 30.3 Å². The molecule has 0 saturated heterocycles. The highest BCUT2D eigenvalue weighted by molar-refractivity contribution is 5.73. The van der Waals surface area contributed by atoms with Gasteiger partial charge in [0.2, 0.25) is 0 Å². The maximum absolute atomic E-state index is 10.8. The molecule has 1 atom stereocenters. The summed E-state index contributed by atoms with van der Waals surface area (Å²) in [5.74, 6) is 0.839. The molecule has 0 radical (unpaired) electrons. The summed E-state index contributed by atoms with van der Waals surface area (Å²) >= 11 is 0. The SMILES string of the molecule is O=C(O)C1Oc2ccc(Oc3ccccc3)cc2O1. The fourth-order valence-corrected chi connectivity index (χ4v) is 1.72. The van der Waals surface area contributed by atoms with Crippen LogP contribution in [0.25, 0.3) is 0 Å². The van der Waals surface area contributed by atoms with Crippen molar-refractivity contribution in [3.05, 3.63) is 48.5 Å². The van der Waals surface area contributed by atoms with E-state index in [4.69, 9.17) is 19.3 Å². The smallest absolute Gasteiger partial charge is 0.387 e. The van der Waals surface area contributed by atoms with Crippen molar-refractivity contribution in [3.63, 3.8) is 0 Å². The third kappa shape index (κ3) is 2.30. The van der Waals surface area contributed by atoms with Crippen molar-refractivity contribution in [3.8, 4) is 23.0 Å². The third-order valence-electron chi connectivity index (χ3n) is 2.56. The van der Waals surface area contributed by atoms with Crippen molar-refractivity contribution in [1.82, 2.24) is 0 Å². The zero-order chi connectivity index (χ0) is 13.2. The lowest BCUT2D eigenvalue weighted by Gasteiger charge is -2.05. The van der Waals surface area contributed by atoms with Crippen LogP contribution < -0.4 is 14.2 Å². The molecule has 96 valence electrons. The van der Waals surface area contributed by atoms with Gasteiger partial charge in [-0.25, -0.2) is 4.79 Å². The predicted octanol–water partition coefficient (Wildman–Crippen LogP) is 2.66. The summed E-state index contributed by atoms with van der Waals surface area (Å²) in [4.78, 5) is 10.8. The number of carboxylic acid groups (broad SMARTS) is 1. The maximum Gasteiger partial charge on any atom is 0.387 e. The summed E-state index contributed by atoms with van der Waals surface area (Å²) < 4.78 is 15.9. The fourth-order valence-electron chi connectivity index (χ4n) is 1.72. The Labute approximate surface area is 109 Å². The lowest BCUT2D eigenvalue weighted by atomic mass is 10.3. The molecule has 0 aliphatic carbocycles. The van der Waals surface area contributed by atoms with Crippen LogP contribution in [0.5, 0.6) is 23.0 Å². The van der Waals surface area contributed by atoms with Crippen LogP contribution in [0, 0.1) is 0 Å². The minimum Gasteiger partial charge on any atom is -0.476 e. The number of carbonyl (C=O) groups is 1. The van der Waals surface area contributed by atoms with Crippen molar-refractivity contribution in [2.45, 2.75) is 6.29 Å². The Balaban J connectivity index is 1.80. The number of fused-ring (bicyclic) bond motifs is 1. The average Bonchev–Trinajstić information content (AvgIpc) is 2.83. The first-order valence-corrected chi connectivity index (χ1v) is 5.65. The lowest BCUT2D eigenvalue weighted by molar-refractivity contribution is -0.154. The summed E-state index contributed by atoms with van der Waals surface area (Å²) in [5.41, 5.74) is 0. The highest BCUT2D eigenvalue weighted by Gasteiger charge is 2.30. The Morgan fingerprint density at radius 1 is 1.00 bits per heavy atom. The molecule has 2 aromatic carbocycles. The maximum atomic E-state index is 10.8. The van der Waals surface area contributed by atoms with Crippen molar-refractivity contribution in [1.29, 1.82) is 0 Å². The molecule has 1 aliphatic rings. The Bertz CT molecular complexity index is 608. The summed E-state index contributed by atoms with van der Waals surface area (Å²) in [6, 6.07) is 14.2. The lowest BCUT2D eigenvalue weighted by Crippen LogP contribution is -2.28. The van der Waals surface area contributed by atoms with Crippen molar-refractivity contribution >= 4 is 5.97 Å². The van der Waals surface area contributed by atoms with Gasteiger partial charge in [-0.15, -0.1) is 0 Å². The Hall–Kier alpha value is -2.69. The first-order chi connectivity index (χ1) is 9.22. The van der Waals surface area contributed by atoms with Crippen LogP contribution in [0.4, 0.5) is 0 Å². The molecule has 0 saturated carbocycles. The van der Waals surface area contributed by atoms with Gasteiger partial charge >= 0.3 is 12.3 Å². The van der Waals surface area contributed by atoms with Crippen LogP contribution >= 0.6 is 0 Å². The molecule has 1 heterocycles. The predicted molar refractivity (Wildman–Crippen MR) is 65.6 cm³/mol. The molecule has 0 spiro atoms. The molecule has 5 heteroatoms. The van der Waals surface area contributed by atoms with Gasteiger partial charge in [0.1, 0.15) is 11.5 Å². The van der Waals surface area contributed by atoms with Gasteiger partial charge in [-0.1, -0.05) is 18.2 Å². The minimum atomic E-state index is -1.29. The van der Waals surface area contributed by atoms with Gasteiger partial charge in [-0.05, 0) is 24.3 Å². The highest BCUT2D eigenvalue weighted by Crippen LogP contribution is 2.38. The standard InChI is InChI=1S/C14H10O5/c15-13(16)14-18-11-7-6-10(8-12(11)19-14)17-9-4-2-1-3-5-9/h1-8,14H,(H,15,16). The van der Waals surface area contributed by atoms with Gasteiger partial charge in [-0.2, -0.15) is 0 Å². The van der Waals surface area contributed by atoms with Crippen LogP contribution in [0.2, 0.25) is 0 Å². The summed E-state index contributed by atoms with van der Waals surface area (Å²) in [5, 5.41) is 8.81. The minimum absolute atomic E-state index is 0.362. The average molecular weight is 258 g/mol. The van der Waals surface area contributed by atoms with E-state index in [1.54, 1.807) is 18.2 Å². The molecule has 1 N–H and O–H groups in total. The van der Waals surface area contributed by atoms with Crippen LogP contribution in [-0.2, 0) is 4.79 Å². The van der Waals surface area contributed by atoms with E-state index in [9.17, 15) is 4.79 Å². The van der Waals surface area contributed by atoms with Gasteiger partial charge in [0.25, 0.3) is 0 Å². The van der Waals surface area contributed by atoms with E-state index in [2.05, 4.69) is 0 Å². The van der Waals surface area contributed by atoms with E-state index >= 15 is 0 Å². The van der Waals surface area contributed by atoms with Crippen molar-refractivity contribution < 1.29 is 24.1 Å². The third-order valence-corrected chi connectivity index (χ3v) is 2.56. The number of hydrogen-bond donors (Lipinski definition) is 1. The fraction of sp³-hybridized carbons (Fsp3) is 0.0714. The highest BCUT2D eigenvalue weighted by atomic mass is 16.7. The van der Waals surface area contributed by atoms with E-state index in [1.165, 1.54) is 0 Å². The second kappa shape index (κ2) is 4.53. The summed E-state index contributed by atoms with van der Waals surface area (Å²) in [6.45, 7) is 0. The topological polar surface area (TPSA) is 65.0 Å². The second-order valence-corrected chi connectivity index (χ2v) is 3.93. The summed E-state index contributed by atoms with van der Waals surface area (Å²) in [6.07, 6.45) is -1.29. The zero-order valence-corrected chi connectivity index (χ0v) is 9.78. The molecule has 5 nitrogen and oxygen atoms in total. The normalized spacial score (nSPS) is 16.1. The van der Waals surface area contributed by atoms with Crippen LogP contribution in [0.3, 0.4) is 0 Å². The van der Waals surface area contributed by atoms with Gasteiger partial charge in [0.15, 0.2) is 11.5 Å². The number of aliphatic carboxylic acids is 1. The molecule has 1 unspecified atom stereocenters. The van der Waals surface area contributed by atoms with E-state index in [-0.39, 0.29) is 0 Å². The van der Waals surface area contributed by atoms with Gasteiger partial charge < -0.3 is 19.3 Å². The Kier molecular flexibility index (Phi) is 2.72. The molecule has 19 heavy (non-hydrogen) atoms. The molecular weight excluding hydrogens is 248 g/mol. The van der Waals surface area contributed by atoms with Crippen LogP contribution in [0.1, 0.15) is 0 Å². The Morgan fingerprint density at radius 2 is 1.74 bits per heavy atom. The monoisotopic (exact) mass is 258 g/mol. The zero-order valence-electron chi connectivity index (χ0n) is 9.78. The van der Waals surface area contributed by atoms with Crippen LogP contribution in [-0.4, -0.2) is 17.4 Å². The number of para-hydroxylation sites is 1. The van der Waals surface area contributed by atoms with Gasteiger partial charge in [0.05, 0.1) is 0 Å². The molecule has 2 aromatic rings. The first-order valence-electron chi connectivity index (χ1n) is 5.65. The number of carboxylic acids is 1. The quantitative estimate of drug-likeness (QED) is 0.916. The number of hydrogen-bond acceptors (Lipinski definition) is 4. The molecular formula is C14H10O5. The Morgan fingerprint density at radius 3 is 2.47 bits per heavy atom. The van der Waals surface area contributed by atoms with Gasteiger partial charge in [0, 0.05) is 6.07 Å². The molecule has 3 rings (SSSR count). The molecule has 1 aliphatic heterocycles. The number of benzene rings is 2. The molecule has 0 amide bonds. The van der Waals surface area contributed by atoms with E-state index in [0.717, 1.165) is 0 Å². The molecule has 0 aromatic heterocycles. The molecule has 0 fully saturated rings. The van der Waals surface area contributed by atoms with Crippen molar-refractivity contribution in [2.24, 2.45) is 0 Å².